The molecule has 8 heteroatoms. The molecule has 1 fully saturated rings. The number of aryl methyl sites for hydroxylation is 2. The average Bonchev–Trinajstić information content (AvgIpc) is 3.02. The summed E-state index contributed by atoms with van der Waals surface area (Å²) in [4.78, 5) is 38.8. The van der Waals surface area contributed by atoms with Crippen LogP contribution in [0.4, 0.5) is 10.5 Å². The standard InChI is InChI=1S/C24H24N2O5S/c1-5-10-31-19-9-8-17(12-20(19)30-4)13-21-23(28)26(24(29)32-21)14-22(27)25-18-11-15(2)6-7-16(18)3/h5-9,11-13H,1,10,14H2,2-4H3,(H,25,27)/b21-13+. The maximum atomic E-state index is 12.8. The van der Waals surface area contributed by atoms with Crippen LogP contribution in [0.15, 0.2) is 54.0 Å². The van der Waals surface area contributed by atoms with Crippen molar-refractivity contribution in [3.8, 4) is 11.5 Å². The third-order valence-corrected chi connectivity index (χ3v) is 5.59. The van der Waals surface area contributed by atoms with Gasteiger partial charge in [0, 0.05) is 5.69 Å². The highest BCUT2D eigenvalue weighted by atomic mass is 32.2. The summed E-state index contributed by atoms with van der Waals surface area (Å²) >= 11 is 0.795. The van der Waals surface area contributed by atoms with E-state index in [0.717, 1.165) is 27.8 Å². The molecule has 32 heavy (non-hydrogen) atoms. The Hall–Kier alpha value is -3.52. The van der Waals surface area contributed by atoms with Crippen LogP contribution < -0.4 is 14.8 Å². The van der Waals surface area contributed by atoms with E-state index >= 15 is 0 Å². The van der Waals surface area contributed by atoms with Crippen molar-refractivity contribution in [1.29, 1.82) is 0 Å². The van der Waals surface area contributed by atoms with Gasteiger partial charge in [0.05, 0.1) is 12.0 Å². The fraction of sp³-hybridized carbons (Fsp3) is 0.208. The van der Waals surface area contributed by atoms with Crippen molar-refractivity contribution < 1.29 is 23.9 Å². The van der Waals surface area contributed by atoms with Crippen molar-refractivity contribution in [2.45, 2.75) is 13.8 Å². The van der Waals surface area contributed by atoms with Crippen LogP contribution in [0, 0.1) is 13.8 Å². The van der Waals surface area contributed by atoms with Crippen LogP contribution >= 0.6 is 11.8 Å². The molecule has 0 aliphatic carbocycles. The third kappa shape index (κ3) is 5.39. The van der Waals surface area contributed by atoms with Crippen LogP contribution in [-0.4, -0.2) is 42.2 Å². The van der Waals surface area contributed by atoms with Crippen LogP contribution in [0.1, 0.15) is 16.7 Å². The van der Waals surface area contributed by atoms with Gasteiger partial charge in [-0.1, -0.05) is 30.9 Å². The maximum Gasteiger partial charge on any atom is 0.294 e. The summed E-state index contributed by atoms with van der Waals surface area (Å²) in [5.41, 5.74) is 3.21. The van der Waals surface area contributed by atoms with Crippen LogP contribution in [-0.2, 0) is 9.59 Å². The van der Waals surface area contributed by atoms with Gasteiger partial charge in [-0.15, -0.1) is 0 Å². The fourth-order valence-corrected chi connectivity index (χ4v) is 3.87. The van der Waals surface area contributed by atoms with E-state index in [-0.39, 0.29) is 11.4 Å². The molecule has 1 saturated heterocycles. The van der Waals surface area contributed by atoms with Gasteiger partial charge in [-0.25, -0.2) is 0 Å². The zero-order chi connectivity index (χ0) is 23.3. The van der Waals surface area contributed by atoms with E-state index in [9.17, 15) is 14.4 Å². The fourth-order valence-electron chi connectivity index (χ4n) is 3.03. The Morgan fingerprint density at radius 2 is 1.94 bits per heavy atom. The number of anilines is 1. The van der Waals surface area contributed by atoms with E-state index in [1.54, 1.807) is 30.4 Å². The zero-order valence-electron chi connectivity index (χ0n) is 18.1. The first-order valence-corrected chi connectivity index (χ1v) is 10.7. The highest BCUT2D eigenvalue weighted by Gasteiger charge is 2.36. The summed E-state index contributed by atoms with van der Waals surface area (Å²) in [5.74, 6) is 0.0863. The third-order valence-electron chi connectivity index (χ3n) is 4.68. The van der Waals surface area contributed by atoms with Gasteiger partial charge < -0.3 is 14.8 Å². The van der Waals surface area contributed by atoms with E-state index in [4.69, 9.17) is 9.47 Å². The Kier molecular flexibility index (Phi) is 7.37. The molecule has 1 aliphatic rings. The molecule has 1 N–H and O–H groups in total. The maximum absolute atomic E-state index is 12.8. The smallest absolute Gasteiger partial charge is 0.294 e. The number of benzene rings is 2. The highest BCUT2D eigenvalue weighted by Crippen LogP contribution is 2.34. The Bertz CT molecular complexity index is 1110. The number of nitrogens with zero attached hydrogens (tertiary/aromatic N) is 1. The minimum absolute atomic E-state index is 0.233. The molecule has 1 heterocycles. The summed E-state index contributed by atoms with van der Waals surface area (Å²) in [6.45, 7) is 7.38. The molecular weight excluding hydrogens is 428 g/mol. The first kappa shape index (κ1) is 23.1. The number of hydrogen-bond donors (Lipinski definition) is 1. The molecule has 0 atom stereocenters. The predicted octanol–water partition coefficient (Wildman–Crippen LogP) is 4.55. The monoisotopic (exact) mass is 452 g/mol. The molecule has 7 nitrogen and oxygen atoms in total. The zero-order valence-corrected chi connectivity index (χ0v) is 19.0. The summed E-state index contributed by atoms with van der Waals surface area (Å²) in [6.07, 6.45) is 3.22. The molecule has 0 bridgehead atoms. The molecule has 166 valence electrons. The first-order valence-electron chi connectivity index (χ1n) is 9.86. The van der Waals surface area contributed by atoms with Crippen molar-refractivity contribution in [2.75, 3.05) is 25.6 Å². The van der Waals surface area contributed by atoms with E-state index in [1.165, 1.54) is 7.11 Å². The number of amides is 3. The van der Waals surface area contributed by atoms with Crippen LogP contribution in [0.25, 0.3) is 6.08 Å². The van der Waals surface area contributed by atoms with Gasteiger partial charge >= 0.3 is 0 Å². The summed E-state index contributed by atoms with van der Waals surface area (Å²) in [7, 11) is 1.52. The second-order valence-corrected chi connectivity index (χ2v) is 8.14. The number of imide groups is 1. The van der Waals surface area contributed by atoms with Gasteiger partial charge in [-0.05, 0) is 66.6 Å². The lowest BCUT2D eigenvalue weighted by Crippen LogP contribution is -2.36. The number of methoxy groups -OCH3 is 1. The van der Waals surface area contributed by atoms with Gasteiger partial charge in [-0.3, -0.25) is 19.3 Å². The van der Waals surface area contributed by atoms with Crippen molar-refractivity contribution in [3.05, 3.63) is 70.6 Å². The number of carbonyl (C=O) groups is 3. The van der Waals surface area contributed by atoms with Gasteiger partial charge in [-0.2, -0.15) is 0 Å². The summed E-state index contributed by atoms with van der Waals surface area (Å²) in [5, 5.41) is 2.28. The molecule has 0 radical (unpaired) electrons. The lowest BCUT2D eigenvalue weighted by atomic mass is 10.1. The lowest BCUT2D eigenvalue weighted by Gasteiger charge is -2.14. The van der Waals surface area contributed by atoms with Crippen molar-refractivity contribution >= 4 is 40.6 Å². The van der Waals surface area contributed by atoms with Crippen molar-refractivity contribution in [3.63, 3.8) is 0 Å². The molecule has 3 rings (SSSR count). The van der Waals surface area contributed by atoms with E-state index in [1.807, 2.05) is 32.0 Å². The number of ether oxygens (including phenoxy) is 2. The quantitative estimate of drug-likeness (QED) is 0.467. The summed E-state index contributed by atoms with van der Waals surface area (Å²) < 4.78 is 10.9. The molecule has 0 aromatic heterocycles. The second-order valence-electron chi connectivity index (χ2n) is 7.14. The minimum Gasteiger partial charge on any atom is -0.493 e. The minimum atomic E-state index is -0.512. The normalized spacial score (nSPS) is 14.6. The van der Waals surface area contributed by atoms with Crippen LogP contribution in [0.3, 0.4) is 0 Å². The molecule has 1 aliphatic heterocycles. The van der Waals surface area contributed by atoms with E-state index in [0.29, 0.717) is 29.4 Å². The Morgan fingerprint density at radius 1 is 1.16 bits per heavy atom. The van der Waals surface area contributed by atoms with E-state index in [2.05, 4.69) is 11.9 Å². The van der Waals surface area contributed by atoms with Crippen LogP contribution in [0.5, 0.6) is 11.5 Å². The highest BCUT2D eigenvalue weighted by molar-refractivity contribution is 8.18. The molecule has 0 saturated carbocycles. The Morgan fingerprint density at radius 3 is 2.66 bits per heavy atom. The molecule has 0 spiro atoms. The number of nitrogens with one attached hydrogen (secondary N) is 1. The number of rotatable bonds is 8. The van der Waals surface area contributed by atoms with Crippen molar-refractivity contribution in [1.82, 2.24) is 4.90 Å². The van der Waals surface area contributed by atoms with Crippen LogP contribution in [0.2, 0.25) is 0 Å². The Labute approximate surface area is 191 Å². The largest absolute Gasteiger partial charge is 0.493 e. The topological polar surface area (TPSA) is 84.9 Å². The second kappa shape index (κ2) is 10.2. The lowest BCUT2D eigenvalue weighted by molar-refractivity contribution is -0.127. The Balaban J connectivity index is 1.72. The molecular formula is C24H24N2O5S. The average molecular weight is 453 g/mol. The van der Waals surface area contributed by atoms with Gasteiger partial charge in [0.1, 0.15) is 13.2 Å². The van der Waals surface area contributed by atoms with Gasteiger partial charge in [0.2, 0.25) is 5.91 Å². The molecule has 3 amide bonds. The first-order chi connectivity index (χ1) is 15.3. The van der Waals surface area contributed by atoms with E-state index < -0.39 is 17.1 Å². The van der Waals surface area contributed by atoms with Gasteiger partial charge in [0.25, 0.3) is 11.1 Å². The predicted molar refractivity (Wildman–Crippen MR) is 126 cm³/mol. The number of thioether (sulfide) groups is 1. The molecule has 0 unspecified atom stereocenters. The number of hydrogen-bond acceptors (Lipinski definition) is 6. The molecule has 2 aromatic carbocycles. The SMILES string of the molecule is C=CCOc1ccc(/C=C2/SC(=O)N(CC(=O)Nc3cc(C)ccc3C)C2=O)cc1OC. The molecule has 2 aromatic rings. The van der Waals surface area contributed by atoms with Crippen molar-refractivity contribution in [2.24, 2.45) is 0 Å². The summed E-state index contributed by atoms with van der Waals surface area (Å²) in [6, 6.07) is 10.9. The number of carbonyl (C=O) groups excluding carboxylic acids is 3. The van der Waals surface area contributed by atoms with Gasteiger partial charge in [0.15, 0.2) is 11.5 Å².